The first-order valence-electron chi connectivity index (χ1n) is 9.29. The zero-order valence-corrected chi connectivity index (χ0v) is 16.6. The van der Waals surface area contributed by atoms with Gasteiger partial charge in [0.25, 0.3) is 0 Å². The summed E-state index contributed by atoms with van der Waals surface area (Å²) in [6.07, 6.45) is 5.69. The van der Waals surface area contributed by atoms with Gasteiger partial charge < -0.3 is 14.0 Å². The van der Waals surface area contributed by atoms with E-state index in [0.717, 1.165) is 12.8 Å². The van der Waals surface area contributed by atoms with Crippen LogP contribution in [0.4, 0.5) is 0 Å². The summed E-state index contributed by atoms with van der Waals surface area (Å²) in [6.45, 7) is 7.18. The summed E-state index contributed by atoms with van der Waals surface area (Å²) in [5.74, 6) is -0.269. The second-order valence-electron chi connectivity index (χ2n) is 8.02. The first kappa shape index (κ1) is 22.9. The minimum atomic E-state index is -0.427. The first-order valence-corrected chi connectivity index (χ1v) is 9.29. The van der Waals surface area contributed by atoms with Crippen LogP contribution in [0.5, 0.6) is 0 Å². The van der Waals surface area contributed by atoms with E-state index in [0.29, 0.717) is 24.1 Å². The van der Waals surface area contributed by atoms with Gasteiger partial charge in [0.15, 0.2) is 6.10 Å². The van der Waals surface area contributed by atoms with Crippen molar-refractivity contribution < 1.29 is 23.5 Å². The normalized spacial score (nSPS) is 13.0. The number of hydrogen-bond acceptors (Lipinski definition) is 4. The van der Waals surface area contributed by atoms with E-state index in [1.54, 1.807) is 0 Å². The third-order valence-electron chi connectivity index (χ3n) is 3.53. The fraction of sp³-hybridized carbons (Fsp3) is 0.895. The van der Waals surface area contributed by atoms with Gasteiger partial charge >= 0.3 is 11.9 Å². The number of rotatable bonds is 13. The number of ether oxygens (including phenoxy) is 2. The molecule has 24 heavy (non-hydrogen) atoms. The van der Waals surface area contributed by atoms with Crippen molar-refractivity contribution in [2.24, 2.45) is 5.92 Å². The second kappa shape index (κ2) is 12.3. The van der Waals surface area contributed by atoms with E-state index in [4.69, 9.17) is 9.47 Å². The average Bonchev–Trinajstić information content (AvgIpc) is 2.39. The molecule has 1 atom stereocenters. The molecule has 0 bridgehead atoms. The third kappa shape index (κ3) is 14.5. The van der Waals surface area contributed by atoms with Crippen molar-refractivity contribution in [1.82, 2.24) is 0 Å². The number of carbonyl (C=O) groups is 2. The molecule has 0 aromatic rings. The first-order chi connectivity index (χ1) is 11.1. The maximum absolute atomic E-state index is 12.0. The Labute approximate surface area is 148 Å². The van der Waals surface area contributed by atoms with Crippen molar-refractivity contribution in [3.05, 3.63) is 0 Å². The highest BCUT2D eigenvalue weighted by Crippen LogP contribution is 2.10. The number of quaternary nitrogens is 1. The summed E-state index contributed by atoms with van der Waals surface area (Å²) < 4.78 is 11.4. The lowest BCUT2D eigenvalue weighted by atomic mass is 10.1. The Balaban J connectivity index is 4.27. The van der Waals surface area contributed by atoms with Gasteiger partial charge in [0, 0.05) is 6.42 Å². The third-order valence-corrected chi connectivity index (χ3v) is 3.53. The Kier molecular flexibility index (Phi) is 11.7. The van der Waals surface area contributed by atoms with E-state index in [-0.39, 0.29) is 24.3 Å². The van der Waals surface area contributed by atoms with Crippen LogP contribution in [0, 0.1) is 5.92 Å². The summed E-state index contributed by atoms with van der Waals surface area (Å²) in [5, 5.41) is 0. The van der Waals surface area contributed by atoms with Crippen LogP contribution < -0.4 is 0 Å². The molecule has 0 spiro atoms. The van der Waals surface area contributed by atoms with E-state index in [1.165, 1.54) is 19.3 Å². The van der Waals surface area contributed by atoms with Gasteiger partial charge in [0.1, 0.15) is 6.54 Å². The molecule has 0 aliphatic carbocycles. The quantitative estimate of drug-likeness (QED) is 0.291. The van der Waals surface area contributed by atoms with Gasteiger partial charge in [0.05, 0.1) is 34.2 Å². The largest absolute Gasteiger partial charge is 0.466 e. The monoisotopic (exact) mass is 344 g/mol. The summed E-state index contributed by atoms with van der Waals surface area (Å²) in [6, 6.07) is 0. The fourth-order valence-corrected chi connectivity index (χ4v) is 2.46. The van der Waals surface area contributed by atoms with Crippen LogP contribution >= 0.6 is 0 Å². The highest BCUT2D eigenvalue weighted by atomic mass is 16.6. The van der Waals surface area contributed by atoms with Gasteiger partial charge in [-0.25, -0.2) is 0 Å². The molecule has 0 aromatic heterocycles. The van der Waals surface area contributed by atoms with Gasteiger partial charge in [0.2, 0.25) is 0 Å². The van der Waals surface area contributed by atoms with Gasteiger partial charge in [-0.15, -0.1) is 0 Å². The Morgan fingerprint density at radius 3 is 2.08 bits per heavy atom. The molecule has 0 rings (SSSR count). The zero-order chi connectivity index (χ0) is 18.6. The number of unbranched alkanes of at least 4 members (excludes halogenated alkanes) is 4. The molecule has 5 nitrogen and oxygen atoms in total. The predicted molar refractivity (Wildman–Crippen MR) is 96.6 cm³/mol. The van der Waals surface area contributed by atoms with Crippen LogP contribution in [-0.2, 0) is 19.1 Å². The molecule has 0 amide bonds. The summed E-state index contributed by atoms with van der Waals surface area (Å²) in [5.41, 5.74) is 0. The Morgan fingerprint density at radius 2 is 1.54 bits per heavy atom. The smallest absolute Gasteiger partial charge is 0.309 e. The summed E-state index contributed by atoms with van der Waals surface area (Å²) >= 11 is 0. The minimum Gasteiger partial charge on any atom is -0.466 e. The topological polar surface area (TPSA) is 52.6 Å². The molecule has 0 saturated carbocycles. The lowest BCUT2D eigenvalue weighted by Crippen LogP contribution is -2.44. The Bertz CT molecular complexity index is 361. The SMILES string of the molecule is CCCCCCCOC(=O)C[C@H](C[N+](C)(C)C)OC(=O)CC(C)C. The molecule has 0 N–H and O–H groups in total. The van der Waals surface area contributed by atoms with Gasteiger partial charge in [-0.05, 0) is 12.3 Å². The minimum absolute atomic E-state index is 0.133. The number of nitrogens with zero attached hydrogens (tertiary/aromatic N) is 1. The molecule has 0 heterocycles. The predicted octanol–water partition coefficient (Wildman–Crippen LogP) is 3.55. The van der Waals surface area contributed by atoms with E-state index < -0.39 is 6.10 Å². The molecule has 142 valence electrons. The highest BCUT2D eigenvalue weighted by Gasteiger charge is 2.25. The van der Waals surface area contributed by atoms with Crippen molar-refractivity contribution in [2.75, 3.05) is 34.3 Å². The summed E-state index contributed by atoms with van der Waals surface area (Å²) in [7, 11) is 6.05. The average molecular weight is 345 g/mol. The van der Waals surface area contributed by atoms with Gasteiger partial charge in [-0.3, -0.25) is 9.59 Å². The second-order valence-corrected chi connectivity index (χ2v) is 8.02. The molecular formula is C19H38NO4+. The van der Waals surface area contributed by atoms with Crippen molar-refractivity contribution >= 4 is 11.9 Å². The molecule has 0 unspecified atom stereocenters. The number of likely N-dealkylation sites (N-methyl/N-ethyl adjacent to an activating group) is 1. The van der Waals surface area contributed by atoms with E-state index in [2.05, 4.69) is 6.92 Å². The molecule has 0 aliphatic heterocycles. The van der Waals surface area contributed by atoms with Crippen LogP contribution in [0.3, 0.4) is 0 Å². The Morgan fingerprint density at radius 1 is 0.917 bits per heavy atom. The molecule has 0 radical (unpaired) electrons. The maximum Gasteiger partial charge on any atom is 0.309 e. The van der Waals surface area contributed by atoms with Gasteiger partial charge in [-0.1, -0.05) is 46.5 Å². The molecule has 0 aliphatic rings. The molecule has 0 aromatic carbocycles. The van der Waals surface area contributed by atoms with Crippen LogP contribution in [0.15, 0.2) is 0 Å². The van der Waals surface area contributed by atoms with E-state index in [9.17, 15) is 9.59 Å². The van der Waals surface area contributed by atoms with Crippen molar-refractivity contribution in [3.8, 4) is 0 Å². The Hall–Kier alpha value is -1.10. The molecule has 0 fully saturated rings. The highest BCUT2D eigenvalue weighted by molar-refractivity contribution is 5.72. The molecular weight excluding hydrogens is 306 g/mol. The number of esters is 2. The molecule has 0 saturated heterocycles. The maximum atomic E-state index is 12.0. The number of hydrogen-bond donors (Lipinski definition) is 0. The number of carbonyl (C=O) groups excluding carboxylic acids is 2. The van der Waals surface area contributed by atoms with Crippen molar-refractivity contribution in [1.29, 1.82) is 0 Å². The zero-order valence-electron chi connectivity index (χ0n) is 16.6. The van der Waals surface area contributed by atoms with Crippen molar-refractivity contribution in [2.45, 2.75) is 71.8 Å². The standard InChI is InChI=1S/C19H38NO4/c1-7-8-9-10-11-12-23-18(21)14-17(15-20(4,5)6)24-19(22)13-16(2)3/h16-17H,7-15H2,1-6H3/q+1/t17-/m1/s1. The van der Waals surface area contributed by atoms with E-state index >= 15 is 0 Å². The summed E-state index contributed by atoms with van der Waals surface area (Å²) in [4.78, 5) is 23.9. The van der Waals surface area contributed by atoms with Crippen molar-refractivity contribution in [3.63, 3.8) is 0 Å². The lowest BCUT2D eigenvalue weighted by molar-refractivity contribution is -0.873. The lowest BCUT2D eigenvalue weighted by Gasteiger charge is -2.28. The van der Waals surface area contributed by atoms with Crippen LogP contribution in [0.1, 0.15) is 65.7 Å². The fourth-order valence-electron chi connectivity index (χ4n) is 2.46. The van der Waals surface area contributed by atoms with Crippen LogP contribution in [-0.4, -0.2) is 56.8 Å². The van der Waals surface area contributed by atoms with E-state index in [1.807, 2.05) is 35.0 Å². The molecule has 5 heteroatoms. The van der Waals surface area contributed by atoms with Crippen LogP contribution in [0.2, 0.25) is 0 Å². The van der Waals surface area contributed by atoms with Gasteiger partial charge in [-0.2, -0.15) is 0 Å². The van der Waals surface area contributed by atoms with Crippen LogP contribution in [0.25, 0.3) is 0 Å².